The highest BCUT2D eigenvalue weighted by molar-refractivity contribution is 5.39. The summed E-state index contributed by atoms with van der Waals surface area (Å²) >= 11 is 0. The fraction of sp³-hybridized carbons (Fsp3) is 0. The van der Waals surface area contributed by atoms with Gasteiger partial charge in [-0.25, -0.2) is 9.67 Å². The molecule has 0 N–H and O–H groups in total. The van der Waals surface area contributed by atoms with E-state index in [-0.39, 0.29) is 0 Å². The predicted molar refractivity (Wildman–Crippen MR) is 71.6 cm³/mol. The van der Waals surface area contributed by atoms with Crippen LogP contribution in [0.2, 0.25) is 0 Å². The summed E-state index contributed by atoms with van der Waals surface area (Å²) in [7, 11) is 0. The van der Waals surface area contributed by atoms with Crippen molar-refractivity contribution in [2.24, 2.45) is 0 Å². The molecule has 3 aromatic heterocycles. The molecule has 4 heteroatoms. The highest BCUT2D eigenvalue weighted by Gasteiger charge is 1.98. The van der Waals surface area contributed by atoms with Crippen LogP contribution in [-0.4, -0.2) is 19.7 Å². The highest BCUT2D eigenvalue weighted by Crippen LogP contribution is 2.05. The van der Waals surface area contributed by atoms with Crippen LogP contribution >= 0.6 is 0 Å². The molecule has 0 unspecified atom stereocenters. The van der Waals surface area contributed by atoms with Crippen LogP contribution in [0.5, 0.6) is 0 Å². The first kappa shape index (κ1) is 11.2. The van der Waals surface area contributed by atoms with Gasteiger partial charge in [0.15, 0.2) is 0 Å². The van der Waals surface area contributed by atoms with Gasteiger partial charge in [0, 0.05) is 18.6 Å². The second kappa shape index (κ2) is 5.15. The Hall–Kier alpha value is -2.93. The molecule has 0 radical (unpaired) electrons. The van der Waals surface area contributed by atoms with Crippen LogP contribution in [0.1, 0.15) is 11.3 Å². The minimum absolute atomic E-state index is 0.747. The molecule has 0 aromatic carbocycles. The van der Waals surface area contributed by atoms with Crippen LogP contribution in [0.4, 0.5) is 0 Å². The fourth-order valence-electron chi connectivity index (χ4n) is 1.59. The molecule has 0 saturated heterocycles. The first-order chi connectivity index (χ1) is 9.42. The second-order valence-corrected chi connectivity index (χ2v) is 3.85. The molecule has 3 rings (SSSR count). The van der Waals surface area contributed by atoms with Crippen LogP contribution in [-0.2, 0) is 0 Å². The third kappa shape index (κ3) is 2.67. The summed E-state index contributed by atoms with van der Waals surface area (Å²) in [5.74, 6) is 6.03. The SMILES string of the molecule is C(#Cc1ccccn1)c1cnn(-c2cccnc2)c1. The summed E-state index contributed by atoms with van der Waals surface area (Å²) in [5.41, 5.74) is 2.50. The number of pyridine rings is 2. The molecule has 90 valence electrons. The van der Waals surface area contributed by atoms with Crippen molar-refractivity contribution in [1.29, 1.82) is 0 Å². The molecule has 0 spiro atoms. The third-order valence-electron chi connectivity index (χ3n) is 2.49. The summed E-state index contributed by atoms with van der Waals surface area (Å²) in [6, 6.07) is 9.46. The molecule has 0 aliphatic rings. The standard InChI is InChI=1S/C15H10N4/c1-2-9-17-14(4-1)7-6-13-10-18-19(12-13)15-5-3-8-16-11-15/h1-5,8-12H. The number of hydrogen-bond acceptors (Lipinski definition) is 3. The van der Waals surface area contributed by atoms with Gasteiger partial charge in [-0.05, 0) is 30.2 Å². The topological polar surface area (TPSA) is 43.6 Å². The van der Waals surface area contributed by atoms with Gasteiger partial charge in [-0.15, -0.1) is 0 Å². The van der Waals surface area contributed by atoms with Crippen LogP contribution in [0.25, 0.3) is 5.69 Å². The Morgan fingerprint density at radius 1 is 0.947 bits per heavy atom. The molecule has 0 bridgehead atoms. The number of hydrogen-bond donors (Lipinski definition) is 0. The molecule has 0 atom stereocenters. The van der Waals surface area contributed by atoms with Crippen LogP contribution in [0.3, 0.4) is 0 Å². The zero-order valence-corrected chi connectivity index (χ0v) is 10.1. The molecule has 3 heterocycles. The Morgan fingerprint density at radius 3 is 2.74 bits per heavy atom. The zero-order chi connectivity index (χ0) is 12.9. The van der Waals surface area contributed by atoms with Gasteiger partial charge in [-0.1, -0.05) is 12.0 Å². The first-order valence-corrected chi connectivity index (χ1v) is 5.80. The lowest BCUT2D eigenvalue weighted by atomic mass is 10.3. The van der Waals surface area contributed by atoms with Crippen LogP contribution < -0.4 is 0 Å². The van der Waals surface area contributed by atoms with Gasteiger partial charge in [0.25, 0.3) is 0 Å². The molecule has 0 aliphatic heterocycles. The Kier molecular flexibility index (Phi) is 3.03. The van der Waals surface area contributed by atoms with Gasteiger partial charge in [0.2, 0.25) is 0 Å². The van der Waals surface area contributed by atoms with E-state index >= 15 is 0 Å². The highest BCUT2D eigenvalue weighted by atomic mass is 15.3. The summed E-state index contributed by atoms with van der Waals surface area (Å²) in [5, 5.41) is 4.25. The van der Waals surface area contributed by atoms with Crippen molar-refractivity contribution in [3.8, 4) is 17.5 Å². The van der Waals surface area contributed by atoms with Crippen molar-refractivity contribution in [2.75, 3.05) is 0 Å². The lowest BCUT2D eigenvalue weighted by Crippen LogP contribution is -1.93. The van der Waals surface area contributed by atoms with E-state index in [2.05, 4.69) is 26.9 Å². The van der Waals surface area contributed by atoms with Gasteiger partial charge in [-0.3, -0.25) is 4.98 Å². The van der Waals surface area contributed by atoms with Crippen LogP contribution in [0, 0.1) is 11.8 Å². The molecule has 4 nitrogen and oxygen atoms in total. The minimum Gasteiger partial charge on any atom is -0.262 e. The molecule has 0 fully saturated rings. The van der Waals surface area contributed by atoms with Crippen molar-refractivity contribution in [1.82, 2.24) is 19.7 Å². The van der Waals surface area contributed by atoms with Crippen LogP contribution in [0.15, 0.2) is 61.3 Å². The molecule has 0 saturated carbocycles. The Balaban J connectivity index is 1.85. The maximum atomic E-state index is 4.25. The summed E-state index contributed by atoms with van der Waals surface area (Å²) in [4.78, 5) is 8.20. The van der Waals surface area contributed by atoms with E-state index in [4.69, 9.17) is 0 Å². The summed E-state index contributed by atoms with van der Waals surface area (Å²) in [6.07, 6.45) is 8.80. The summed E-state index contributed by atoms with van der Waals surface area (Å²) in [6.45, 7) is 0. The van der Waals surface area contributed by atoms with E-state index in [0.29, 0.717) is 0 Å². The van der Waals surface area contributed by atoms with Gasteiger partial charge in [0.1, 0.15) is 5.69 Å². The van der Waals surface area contributed by atoms with E-state index in [1.54, 1.807) is 29.5 Å². The first-order valence-electron chi connectivity index (χ1n) is 5.80. The minimum atomic E-state index is 0.747. The average Bonchev–Trinajstić information content (AvgIpc) is 2.96. The summed E-state index contributed by atoms with van der Waals surface area (Å²) < 4.78 is 1.75. The number of nitrogens with zero attached hydrogens (tertiary/aromatic N) is 4. The smallest absolute Gasteiger partial charge is 0.113 e. The molecule has 19 heavy (non-hydrogen) atoms. The van der Waals surface area contributed by atoms with Crippen molar-refractivity contribution >= 4 is 0 Å². The molecular weight excluding hydrogens is 236 g/mol. The van der Waals surface area contributed by atoms with Gasteiger partial charge < -0.3 is 0 Å². The molecule has 3 aromatic rings. The fourth-order valence-corrected chi connectivity index (χ4v) is 1.59. The van der Waals surface area contributed by atoms with Crippen molar-refractivity contribution < 1.29 is 0 Å². The lowest BCUT2D eigenvalue weighted by Gasteiger charge is -1.97. The predicted octanol–water partition coefficient (Wildman–Crippen LogP) is 2.06. The quantitative estimate of drug-likeness (QED) is 0.617. The monoisotopic (exact) mass is 246 g/mol. The van der Waals surface area contributed by atoms with E-state index in [9.17, 15) is 0 Å². The molecule has 0 amide bonds. The van der Waals surface area contributed by atoms with Crippen molar-refractivity contribution in [3.63, 3.8) is 0 Å². The van der Waals surface area contributed by atoms with Crippen molar-refractivity contribution in [2.45, 2.75) is 0 Å². The largest absolute Gasteiger partial charge is 0.262 e. The number of rotatable bonds is 1. The maximum Gasteiger partial charge on any atom is 0.113 e. The zero-order valence-electron chi connectivity index (χ0n) is 10.1. The van der Waals surface area contributed by atoms with E-state index in [1.165, 1.54) is 0 Å². The third-order valence-corrected chi connectivity index (χ3v) is 2.49. The number of aromatic nitrogens is 4. The van der Waals surface area contributed by atoms with Gasteiger partial charge >= 0.3 is 0 Å². The van der Waals surface area contributed by atoms with E-state index < -0.39 is 0 Å². The van der Waals surface area contributed by atoms with Gasteiger partial charge in [-0.2, -0.15) is 5.10 Å². The second-order valence-electron chi connectivity index (χ2n) is 3.85. The lowest BCUT2D eigenvalue weighted by molar-refractivity contribution is 0.874. The normalized spacial score (nSPS) is 9.68. The van der Waals surface area contributed by atoms with E-state index in [1.807, 2.05) is 36.5 Å². The average molecular weight is 246 g/mol. The maximum absolute atomic E-state index is 4.25. The van der Waals surface area contributed by atoms with E-state index in [0.717, 1.165) is 16.9 Å². The molecular formula is C15H10N4. The Labute approximate surface area is 110 Å². The van der Waals surface area contributed by atoms with Gasteiger partial charge in [0.05, 0.1) is 23.6 Å². The Bertz CT molecular complexity index is 721. The Morgan fingerprint density at radius 2 is 1.95 bits per heavy atom. The molecule has 0 aliphatic carbocycles. The van der Waals surface area contributed by atoms with Crippen molar-refractivity contribution in [3.05, 3.63) is 72.6 Å².